The van der Waals surface area contributed by atoms with Crippen molar-refractivity contribution < 1.29 is 14.3 Å². The summed E-state index contributed by atoms with van der Waals surface area (Å²) < 4.78 is 10.8. The Labute approximate surface area is 134 Å². The number of nitrogens with zero attached hydrogens (tertiary/aromatic N) is 1. The van der Waals surface area contributed by atoms with Crippen LogP contribution in [0.2, 0.25) is 0 Å². The van der Waals surface area contributed by atoms with Crippen molar-refractivity contribution in [2.75, 3.05) is 26.3 Å². The zero-order valence-electron chi connectivity index (χ0n) is 14.4. The lowest BCUT2D eigenvalue weighted by molar-refractivity contribution is -0.00845. The second-order valence-corrected chi connectivity index (χ2v) is 7.51. The van der Waals surface area contributed by atoms with Gasteiger partial charge in [-0.25, -0.2) is 4.79 Å². The zero-order valence-corrected chi connectivity index (χ0v) is 14.4. The number of carbonyl (C=O) groups excluding carboxylic acids is 1. The van der Waals surface area contributed by atoms with Gasteiger partial charge in [-0.15, -0.1) is 0 Å². The average Bonchev–Trinajstić information content (AvgIpc) is 2.63. The summed E-state index contributed by atoms with van der Waals surface area (Å²) in [5.41, 5.74) is -0.435. The maximum absolute atomic E-state index is 12.6. The van der Waals surface area contributed by atoms with E-state index in [4.69, 9.17) is 9.47 Å². The van der Waals surface area contributed by atoms with Crippen molar-refractivity contribution in [3.8, 4) is 0 Å². The molecule has 1 aliphatic heterocycles. The van der Waals surface area contributed by atoms with E-state index in [1.165, 1.54) is 25.7 Å². The van der Waals surface area contributed by atoms with Gasteiger partial charge in [0, 0.05) is 19.1 Å². The van der Waals surface area contributed by atoms with Crippen LogP contribution >= 0.6 is 0 Å². The molecule has 1 saturated heterocycles. The Balaban J connectivity index is 1.90. The molecule has 0 atom stereocenters. The van der Waals surface area contributed by atoms with Crippen LogP contribution in [0.15, 0.2) is 0 Å². The molecule has 1 heterocycles. The molecule has 2 fully saturated rings. The lowest BCUT2D eigenvalue weighted by Gasteiger charge is -2.34. The minimum Gasteiger partial charge on any atom is -0.444 e. The highest BCUT2D eigenvalue weighted by Gasteiger charge is 2.29. The fourth-order valence-corrected chi connectivity index (χ4v) is 3.06. The molecule has 0 radical (unpaired) electrons. The van der Waals surface area contributed by atoms with Gasteiger partial charge in [-0.2, -0.15) is 0 Å². The quantitative estimate of drug-likeness (QED) is 0.793. The van der Waals surface area contributed by atoms with Crippen LogP contribution < -0.4 is 5.32 Å². The Hall–Kier alpha value is -0.810. The average molecular weight is 312 g/mol. The molecule has 0 bridgehead atoms. The van der Waals surface area contributed by atoms with Gasteiger partial charge in [0.2, 0.25) is 0 Å². The largest absolute Gasteiger partial charge is 0.444 e. The molecule has 0 unspecified atom stereocenters. The first kappa shape index (κ1) is 17.5. The maximum atomic E-state index is 12.6. The molecule has 0 aromatic heterocycles. The third kappa shape index (κ3) is 5.76. The molecule has 1 aliphatic carbocycles. The van der Waals surface area contributed by atoms with Gasteiger partial charge in [0.25, 0.3) is 0 Å². The van der Waals surface area contributed by atoms with Crippen LogP contribution in [0, 0.1) is 0 Å². The van der Waals surface area contributed by atoms with E-state index in [9.17, 15) is 4.79 Å². The van der Waals surface area contributed by atoms with Crippen LogP contribution in [-0.2, 0) is 9.47 Å². The first-order chi connectivity index (χ1) is 10.5. The number of hydrogen-bond donors (Lipinski definition) is 1. The molecule has 2 aliphatic rings. The maximum Gasteiger partial charge on any atom is 0.410 e. The summed E-state index contributed by atoms with van der Waals surface area (Å²) in [7, 11) is 0. The van der Waals surface area contributed by atoms with Gasteiger partial charge in [0.1, 0.15) is 5.60 Å². The summed E-state index contributed by atoms with van der Waals surface area (Å²) in [5, 5.41) is 3.45. The standard InChI is InChI=1S/C17H32N2O3/c1-17(2,3)22-16(20)19(11-10-18-14-12-21-13-14)15-8-6-4-5-7-9-15/h14-15,18H,4-13H2,1-3H3. The molecule has 22 heavy (non-hydrogen) atoms. The Morgan fingerprint density at radius 1 is 1.18 bits per heavy atom. The van der Waals surface area contributed by atoms with Crippen LogP contribution in [-0.4, -0.2) is 55.0 Å². The zero-order chi connectivity index (χ0) is 16.0. The Kier molecular flexibility index (Phi) is 6.50. The third-order valence-corrected chi connectivity index (χ3v) is 4.32. The van der Waals surface area contributed by atoms with E-state index in [1.807, 2.05) is 25.7 Å². The van der Waals surface area contributed by atoms with Crippen molar-refractivity contribution in [1.82, 2.24) is 10.2 Å². The number of amides is 1. The van der Waals surface area contributed by atoms with Crippen molar-refractivity contribution in [2.24, 2.45) is 0 Å². The fourth-order valence-electron chi connectivity index (χ4n) is 3.06. The van der Waals surface area contributed by atoms with Gasteiger partial charge in [0.15, 0.2) is 0 Å². The summed E-state index contributed by atoms with van der Waals surface area (Å²) in [6.07, 6.45) is 7.05. The van der Waals surface area contributed by atoms with E-state index in [1.54, 1.807) is 0 Å². The molecule has 1 N–H and O–H groups in total. The molecular weight excluding hydrogens is 280 g/mol. The number of hydrogen-bond acceptors (Lipinski definition) is 4. The van der Waals surface area contributed by atoms with Gasteiger partial charge >= 0.3 is 6.09 Å². The molecule has 0 aromatic rings. The van der Waals surface area contributed by atoms with Crippen LogP contribution in [0.5, 0.6) is 0 Å². The molecule has 2 rings (SSSR count). The Morgan fingerprint density at radius 2 is 1.82 bits per heavy atom. The highest BCUT2D eigenvalue weighted by Crippen LogP contribution is 2.23. The molecular formula is C17H32N2O3. The van der Waals surface area contributed by atoms with Crippen molar-refractivity contribution in [3.05, 3.63) is 0 Å². The number of nitrogens with one attached hydrogen (secondary N) is 1. The van der Waals surface area contributed by atoms with Crippen molar-refractivity contribution in [1.29, 1.82) is 0 Å². The number of carbonyl (C=O) groups is 1. The Bertz CT molecular complexity index is 342. The van der Waals surface area contributed by atoms with E-state index in [-0.39, 0.29) is 6.09 Å². The summed E-state index contributed by atoms with van der Waals surface area (Å²) in [6.45, 7) is 8.89. The summed E-state index contributed by atoms with van der Waals surface area (Å²) in [4.78, 5) is 14.5. The first-order valence-corrected chi connectivity index (χ1v) is 8.76. The second kappa shape index (κ2) is 8.16. The third-order valence-electron chi connectivity index (χ3n) is 4.32. The predicted molar refractivity (Wildman–Crippen MR) is 87.0 cm³/mol. The lowest BCUT2D eigenvalue weighted by atomic mass is 10.1. The molecule has 128 valence electrons. The number of rotatable bonds is 5. The van der Waals surface area contributed by atoms with E-state index >= 15 is 0 Å². The molecule has 1 amide bonds. The van der Waals surface area contributed by atoms with Crippen LogP contribution in [0.1, 0.15) is 59.3 Å². The highest BCUT2D eigenvalue weighted by molar-refractivity contribution is 5.68. The molecule has 1 saturated carbocycles. The molecule has 5 nitrogen and oxygen atoms in total. The normalized spacial score (nSPS) is 21.0. The molecule has 5 heteroatoms. The minimum absolute atomic E-state index is 0.161. The van der Waals surface area contributed by atoms with Crippen LogP contribution in [0.4, 0.5) is 4.79 Å². The molecule has 0 spiro atoms. The van der Waals surface area contributed by atoms with E-state index in [0.717, 1.165) is 39.1 Å². The lowest BCUT2D eigenvalue weighted by Crippen LogP contribution is -2.51. The van der Waals surface area contributed by atoms with Crippen LogP contribution in [0.25, 0.3) is 0 Å². The van der Waals surface area contributed by atoms with E-state index < -0.39 is 5.60 Å². The van der Waals surface area contributed by atoms with Crippen LogP contribution in [0.3, 0.4) is 0 Å². The first-order valence-electron chi connectivity index (χ1n) is 8.76. The Morgan fingerprint density at radius 3 is 2.32 bits per heavy atom. The number of ether oxygens (including phenoxy) is 2. The summed E-state index contributed by atoms with van der Waals surface area (Å²) >= 11 is 0. The smallest absolute Gasteiger partial charge is 0.410 e. The van der Waals surface area contributed by atoms with Crippen molar-refractivity contribution in [3.63, 3.8) is 0 Å². The second-order valence-electron chi connectivity index (χ2n) is 7.51. The van der Waals surface area contributed by atoms with Gasteiger partial charge in [-0.1, -0.05) is 25.7 Å². The van der Waals surface area contributed by atoms with Crippen molar-refractivity contribution in [2.45, 2.75) is 77.0 Å². The summed E-state index contributed by atoms with van der Waals surface area (Å²) in [5.74, 6) is 0. The topological polar surface area (TPSA) is 50.8 Å². The SMILES string of the molecule is CC(C)(C)OC(=O)N(CCNC1COC1)C1CCCCCC1. The molecule has 0 aromatic carbocycles. The van der Waals surface area contributed by atoms with Crippen molar-refractivity contribution >= 4 is 6.09 Å². The van der Waals surface area contributed by atoms with E-state index in [0.29, 0.717) is 12.1 Å². The predicted octanol–water partition coefficient (Wildman–Crippen LogP) is 2.93. The fraction of sp³-hybridized carbons (Fsp3) is 0.941. The summed E-state index contributed by atoms with van der Waals surface area (Å²) in [6, 6.07) is 0.784. The van der Waals surface area contributed by atoms with E-state index in [2.05, 4.69) is 5.32 Å². The monoisotopic (exact) mass is 312 g/mol. The van der Waals surface area contributed by atoms with Gasteiger partial charge < -0.3 is 19.7 Å². The minimum atomic E-state index is -0.435. The van der Waals surface area contributed by atoms with Gasteiger partial charge in [0.05, 0.1) is 19.3 Å². The van der Waals surface area contributed by atoms with Gasteiger partial charge in [-0.3, -0.25) is 0 Å². The van der Waals surface area contributed by atoms with Gasteiger partial charge in [-0.05, 0) is 33.6 Å². The highest BCUT2D eigenvalue weighted by atomic mass is 16.6.